The number of hydrogen-bond acceptors (Lipinski definition) is 6. The number of amides is 1. The molecular weight excluding hydrogens is 370 g/mol. The lowest BCUT2D eigenvalue weighted by molar-refractivity contribution is -0.132. The number of aromatic nitrogens is 2. The number of aliphatic hydroxyl groups is 2. The average Bonchev–Trinajstić information content (AvgIpc) is 2.69. The zero-order valence-corrected chi connectivity index (χ0v) is 14.7. The molecule has 0 bridgehead atoms. The Morgan fingerprint density at radius 1 is 1.07 bits per heavy atom. The third kappa shape index (κ3) is 4.59. The second-order valence-corrected chi connectivity index (χ2v) is 6.12. The Bertz CT molecular complexity index is 932. The number of pyridine rings is 2. The van der Waals surface area contributed by atoms with Gasteiger partial charge in [0.2, 0.25) is 11.8 Å². The fraction of sp³-hybridized carbons (Fsp3) is 0.105. The molecule has 4 N–H and O–H groups in total. The molecule has 0 aliphatic carbocycles. The molecule has 1 aromatic carbocycles. The maximum absolute atomic E-state index is 11.0. The van der Waals surface area contributed by atoms with Crippen molar-refractivity contribution in [2.75, 3.05) is 0 Å². The molecule has 1 amide bonds. The predicted octanol–water partition coefficient (Wildman–Crippen LogP) is 2.47. The minimum atomic E-state index is -1.73. The van der Waals surface area contributed by atoms with Crippen molar-refractivity contribution in [3.05, 3.63) is 71.5 Å². The van der Waals surface area contributed by atoms with Gasteiger partial charge in [-0.15, -0.1) is 0 Å². The number of carbonyl (C=O) groups is 1. The summed E-state index contributed by atoms with van der Waals surface area (Å²) in [4.78, 5) is 19.4. The molecule has 138 valence electrons. The molecule has 0 aliphatic rings. The molecule has 8 heteroatoms. The number of nitrogens with two attached hydrogens (primary N) is 1. The number of rotatable bonds is 6. The van der Waals surface area contributed by atoms with Gasteiger partial charge >= 0.3 is 0 Å². The molecule has 3 aromatic rings. The minimum Gasteiger partial charge on any atom is -0.439 e. The van der Waals surface area contributed by atoms with E-state index in [1.165, 1.54) is 12.3 Å². The zero-order chi connectivity index (χ0) is 19.4. The number of hydrogen-bond donors (Lipinski definition) is 3. The quantitative estimate of drug-likeness (QED) is 0.599. The summed E-state index contributed by atoms with van der Waals surface area (Å²) in [7, 11) is 0. The Labute approximate surface area is 160 Å². The van der Waals surface area contributed by atoms with Crippen LogP contribution in [0.3, 0.4) is 0 Å². The van der Waals surface area contributed by atoms with Crippen LogP contribution < -0.4 is 10.5 Å². The van der Waals surface area contributed by atoms with Gasteiger partial charge in [-0.3, -0.25) is 4.79 Å². The fourth-order valence-corrected chi connectivity index (χ4v) is 2.44. The molecule has 0 radical (unpaired) electrons. The standard InChI is InChI=1S/C19H16ClN3O4/c20-12-6-9-16(22-10-12)27-13-7-4-11(5-8-13)14-2-1-3-15(23-14)17(24)18(25)19(21)26/h1-10,17-18,24-25H,(H2,21,26). The Morgan fingerprint density at radius 2 is 1.81 bits per heavy atom. The lowest BCUT2D eigenvalue weighted by atomic mass is 10.1. The summed E-state index contributed by atoms with van der Waals surface area (Å²) in [6.07, 6.45) is -1.73. The third-order valence-corrected chi connectivity index (χ3v) is 3.96. The summed E-state index contributed by atoms with van der Waals surface area (Å²) < 4.78 is 5.63. The lowest BCUT2D eigenvalue weighted by Gasteiger charge is -2.15. The van der Waals surface area contributed by atoms with Gasteiger partial charge in [0.25, 0.3) is 0 Å². The van der Waals surface area contributed by atoms with Crippen molar-refractivity contribution in [3.8, 4) is 22.9 Å². The topological polar surface area (TPSA) is 119 Å². The van der Waals surface area contributed by atoms with Gasteiger partial charge in [0.15, 0.2) is 6.10 Å². The van der Waals surface area contributed by atoms with E-state index in [-0.39, 0.29) is 5.69 Å². The van der Waals surface area contributed by atoms with E-state index in [1.54, 1.807) is 48.5 Å². The largest absolute Gasteiger partial charge is 0.439 e. The highest BCUT2D eigenvalue weighted by atomic mass is 35.5. The Kier molecular flexibility index (Phi) is 5.66. The third-order valence-electron chi connectivity index (χ3n) is 3.74. The maximum Gasteiger partial charge on any atom is 0.249 e. The van der Waals surface area contributed by atoms with Crippen LogP contribution in [-0.4, -0.2) is 32.2 Å². The number of carbonyl (C=O) groups excluding carboxylic acids is 1. The zero-order valence-electron chi connectivity index (χ0n) is 14.0. The van der Waals surface area contributed by atoms with E-state index >= 15 is 0 Å². The van der Waals surface area contributed by atoms with Crippen LogP contribution in [0.2, 0.25) is 5.02 Å². The molecule has 3 rings (SSSR count). The van der Waals surface area contributed by atoms with Crippen LogP contribution in [0.25, 0.3) is 11.3 Å². The first-order valence-corrected chi connectivity index (χ1v) is 8.34. The van der Waals surface area contributed by atoms with Crippen molar-refractivity contribution in [2.45, 2.75) is 12.2 Å². The highest BCUT2D eigenvalue weighted by Crippen LogP contribution is 2.26. The van der Waals surface area contributed by atoms with E-state index in [1.807, 2.05) is 0 Å². The van der Waals surface area contributed by atoms with Crippen LogP contribution >= 0.6 is 11.6 Å². The van der Waals surface area contributed by atoms with Crippen LogP contribution in [0.1, 0.15) is 11.8 Å². The molecule has 2 aromatic heterocycles. The number of nitrogens with zero attached hydrogens (tertiary/aromatic N) is 2. The first kappa shape index (κ1) is 18.8. The summed E-state index contributed by atoms with van der Waals surface area (Å²) in [6.45, 7) is 0. The van der Waals surface area contributed by atoms with E-state index in [0.717, 1.165) is 5.56 Å². The Balaban J connectivity index is 1.78. The predicted molar refractivity (Wildman–Crippen MR) is 99.2 cm³/mol. The van der Waals surface area contributed by atoms with Crippen molar-refractivity contribution >= 4 is 17.5 Å². The monoisotopic (exact) mass is 385 g/mol. The normalized spacial score (nSPS) is 13.0. The van der Waals surface area contributed by atoms with E-state index in [9.17, 15) is 15.0 Å². The molecule has 2 heterocycles. The first-order valence-electron chi connectivity index (χ1n) is 7.96. The van der Waals surface area contributed by atoms with Crippen molar-refractivity contribution in [1.82, 2.24) is 9.97 Å². The number of ether oxygens (including phenoxy) is 1. The Hall–Kier alpha value is -3.00. The Morgan fingerprint density at radius 3 is 2.44 bits per heavy atom. The fourth-order valence-electron chi connectivity index (χ4n) is 2.33. The van der Waals surface area contributed by atoms with Crippen LogP contribution in [-0.2, 0) is 4.79 Å². The molecule has 0 spiro atoms. The van der Waals surface area contributed by atoms with Crippen molar-refractivity contribution in [3.63, 3.8) is 0 Å². The maximum atomic E-state index is 11.0. The molecule has 0 aliphatic heterocycles. The number of benzene rings is 1. The van der Waals surface area contributed by atoms with Crippen molar-refractivity contribution in [2.24, 2.45) is 5.73 Å². The smallest absolute Gasteiger partial charge is 0.249 e. The van der Waals surface area contributed by atoms with Gasteiger partial charge in [-0.1, -0.05) is 17.7 Å². The second kappa shape index (κ2) is 8.13. The number of primary amides is 1. The van der Waals surface area contributed by atoms with Gasteiger partial charge in [-0.2, -0.15) is 0 Å². The van der Waals surface area contributed by atoms with E-state index in [2.05, 4.69) is 9.97 Å². The highest BCUT2D eigenvalue weighted by Gasteiger charge is 2.24. The molecule has 7 nitrogen and oxygen atoms in total. The van der Waals surface area contributed by atoms with Crippen LogP contribution in [0.4, 0.5) is 0 Å². The molecular formula is C19H16ClN3O4. The van der Waals surface area contributed by atoms with Crippen LogP contribution in [0.15, 0.2) is 60.8 Å². The molecule has 2 unspecified atom stereocenters. The van der Waals surface area contributed by atoms with Crippen molar-refractivity contribution < 1.29 is 19.7 Å². The van der Waals surface area contributed by atoms with Gasteiger partial charge in [-0.05, 0) is 42.5 Å². The molecule has 0 fully saturated rings. The second-order valence-electron chi connectivity index (χ2n) is 5.68. The summed E-state index contributed by atoms with van der Waals surface area (Å²) in [5.74, 6) is -0.0308. The van der Waals surface area contributed by atoms with E-state index < -0.39 is 18.1 Å². The lowest BCUT2D eigenvalue weighted by Crippen LogP contribution is -2.34. The minimum absolute atomic E-state index is 0.143. The SMILES string of the molecule is NC(=O)C(O)C(O)c1cccc(-c2ccc(Oc3ccc(Cl)cn3)cc2)n1. The summed E-state index contributed by atoms with van der Waals surface area (Å²) in [5, 5.41) is 20.1. The van der Waals surface area contributed by atoms with Crippen molar-refractivity contribution in [1.29, 1.82) is 0 Å². The van der Waals surface area contributed by atoms with Crippen LogP contribution in [0, 0.1) is 0 Å². The molecule has 2 atom stereocenters. The molecule has 27 heavy (non-hydrogen) atoms. The van der Waals surface area contributed by atoms with Gasteiger partial charge in [0, 0.05) is 17.8 Å². The summed E-state index contributed by atoms with van der Waals surface area (Å²) in [5.41, 5.74) is 6.46. The van der Waals surface area contributed by atoms with Gasteiger partial charge in [-0.25, -0.2) is 9.97 Å². The summed E-state index contributed by atoms with van der Waals surface area (Å²) >= 11 is 5.79. The first-order chi connectivity index (χ1) is 12.9. The summed E-state index contributed by atoms with van der Waals surface area (Å²) in [6, 6.07) is 15.3. The van der Waals surface area contributed by atoms with Gasteiger partial charge in [0.05, 0.1) is 16.4 Å². The highest BCUT2D eigenvalue weighted by molar-refractivity contribution is 6.30. The molecule has 0 saturated heterocycles. The molecule has 0 saturated carbocycles. The van der Waals surface area contributed by atoms with Gasteiger partial charge < -0.3 is 20.7 Å². The van der Waals surface area contributed by atoms with E-state index in [0.29, 0.717) is 22.3 Å². The van der Waals surface area contributed by atoms with Crippen LogP contribution in [0.5, 0.6) is 11.6 Å². The number of aliphatic hydroxyl groups excluding tert-OH is 2. The number of halogens is 1. The average molecular weight is 386 g/mol. The van der Waals surface area contributed by atoms with E-state index in [4.69, 9.17) is 22.1 Å². The van der Waals surface area contributed by atoms with Gasteiger partial charge in [0.1, 0.15) is 11.9 Å².